The molecule has 2 rings (SSSR count). The fourth-order valence-electron chi connectivity index (χ4n) is 2.74. The third-order valence-electron chi connectivity index (χ3n) is 3.98. The van der Waals surface area contributed by atoms with Gasteiger partial charge in [0.1, 0.15) is 5.82 Å². The van der Waals surface area contributed by atoms with Crippen molar-refractivity contribution in [3.05, 3.63) is 35.6 Å². The van der Waals surface area contributed by atoms with Gasteiger partial charge >= 0.3 is 0 Å². The quantitative estimate of drug-likeness (QED) is 0.880. The first-order valence-corrected chi connectivity index (χ1v) is 6.81. The lowest BCUT2D eigenvalue weighted by Crippen LogP contribution is -2.52. The van der Waals surface area contributed by atoms with Gasteiger partial charge in [-0.2, -0.15) is 0 Å². The van der Waals surface area contributed by atoms with Gasteiger partial charge in [-0.1, -0.05) is 31.0 Å². The van der Waals surface area contributed by atoms with E-state index < -0.39 is 5.54 Å². The van der Waals surface area contributed by atoms with Crippen LogP contribution in [0.4, 0.5) is 4.39 Å². The van der Waals surface area contributed by atoms with E-state index in [0.29, 0.717) is 5.56 Å². The highest BCUT2D eigenvalue weighted by molar-refractivity contribution is 5.80. The summed E-state index contributed by atoms with van der Waals surface area (Å²) in [5.41, 5.74) is 6.25. The zero-order valence-corrected chi connectivity index (χ0v) is 11.3. The maximum absolute atomic E-state index is 13.5. The van der Waals surface area contributed by atoms with Crippen LogP contribution in [0, 0.1) is 11.7 Å². The molecule has 0 aliphatic heterocycles. The summed E-state index contributed by atoms with van der Waals surface area (Å²) in [5, 5.41) is 2.81. The van der Waals surface area contributed by atoms with Crippen LogP contribution in [0.1, 0.15) is 38.2 Å². The van der Waals surface area contributed by atoms with Crippen LogP contribution < -0.4 is 11.1 Å². The molecule has 0 heterocycles. The summed E-state index contributed by atoms with van der Waals surface area (Å²) in [7, 11) is 0. The first kappa shape index (κ1) is 14.0. The number of nitrogens with two attached hydrogens (primary N) is 1. The molecule has 1 aliphatic rings. The topological polar surface area (TPSA) is 55.1 Å². The van der Waals surface area contributed by atoms with E-state index >= 15 is 0 Å². The molecule has 0 bridgehead atoms. The molecule has 1 aliphatic carbocycles. The van der Waals surface area contributed by atoms with Crippen molar-refractivity contribution in [2.24, 2.45) is 11.7 Å². The van der Waals surface area contributed by atoms with Gasteiger partial charge in [-0.15, -0.1) is 0 Å². The molecule has 2 unspecified atom stereocenters. The predicted molar refractivity (Wildman–Crippen MR) is 72.8 cm³/mol. The minimum atomic E-state index is -0.447. The number of carbonyl (C=O) groups is 1. The van der Waals surface area contributed by atoms with Crippen LogP contribution in [0.5, 0.6) is 0 Å². The Balaban J connectivity index is 1.96. The number of nitrogens with one attached hydrogen (secondary N) is 1. The normalized spacial score (nSPS) is 27.0. The van der Waals surface area contributed by atoms with Gasteiger partial charge in [0.15, 0.2) is 0 Å². The second kappa shape index (κ2) is 5.70. The fraction of sp³-hybridized carbons (Fsp3) is 0.533. The molecule has 0 saturated heterocycles. The molecule has 3 N–H and O–H groups in total. The Labute approximate surface area is 113 Å². The monoisotopic (exact) mass is 264 g/mol. The van der Waals surface area contributed by atoms with E-state index in [9.17, 15) is 9.18 Å². The Bertz CT molecular complexity index is 459. The second-order valence-corrected chi connectivity index (χ2v) is 5.61. The van der Waals surface area contributed by atoms with E-state index in [2.05, 4.69) is 5.32 Å². The van der Waals surface area contributed by atoms with Gasteiger partial charge in [-0.05, 0) is 25.8 Å². The molecule has 19 heavy (non-hydrogen) atoms. The molecule has 1 fully saturated rings. The third kappa shape index (κ3) is 3.32. The van der Waals surface area contributed by atoms with Gasteiger partial charge in [0.25, 0.3) is 0 Å². The lowest BCUT2D eigenvalue weighted by Gasteiger charge is -2.37. The number of carbonyl (C=O) groups excluding carboxylic acids is 1. The van der Waals surface area contributed by atoms with Crippen LogP contribution in [0.25, 0.3) is 0 Å². The average Bonchev–Trinajstić information content (AvgIpc) is 2.37. The summed E-state index contributed by atoms with van der Waals surface area (Å²) >= 11 is 0. The van der Waals surface area contributed by atoms with Gasteiger partial charge in [0.2, 0.25) is 5.91 Å². The van der Waals surface area contributed by atoms with Crippen molar-refractivity contribution in [1.82, 2.24) is 5.32 Å². The van der Waals surface area contributed by atoms with Gasteiger partial charge in [0.05, 0.1) is 5.92 Å². The van der Waals surface area contributed by atoms with Crippen LogP contribution in [-0.4, -0.2) is 11.4 Å². The van der Waals surface area contributed by atoms with Gasteiger partial charge in [0, 0.05) is 17.6 Å². The average molecular weight is 264 g/mol. The van der Waals surface area contributed by atoms with Crippen LogP contribution in [0.2, 0.25) is 0 Å². The Morgan fingerprint density at radius 3 is 2.89 bits per heavy atom. The number of amides is 1. The number of rotatable bonds is 3. The lowest BCUT2D eigenvalue weighted by atomic mass is 9.74. The van der Waals surface area contributed by atoms with Crippen LogP contribution in [0.15, 0.2) is 24.3 Å². The molecule has 1 saturated carbocycles. The zero-order valence-electron chi connectivity index (χ0n) is 11.3. The number of hydrogen-bond donors (Lipinski definition) is 2. The third-order valence-corrected chi connectivity index (χ3v) is 3.98. The van der Waals surface area contributed by atoms with E-state index in [1.165, 1.54) is 6.07 Å². The standard InChI is InChI=1S/C15H21FN2O/c1-15(17)9-5-4-7-12(15)14(19)18-10-11-6-2-3-8-13(11)16/h2-3,6,8,12H,4-5,7,9-10,17H2,1H3,(H,18,19). The molecule has 1 aromatic carbocycles. The van der Waals surface area contributed by atoms with E-state index in [4.69, 9.17) is 5.73 Å². The highest BCUT2D eigenvalue weighted by Crippen LogP contribution is 2.31. The molecule has 1 amide bonds. The molecular weight excluding hydrogens is 243 g/mol. The van der Waals surface area contributed by atoms with E-state index in [0.717, 1.165) is 25.7 Å². The fourth-order valence-corrected chi connectivity index (χ4v) is 2.74. The van der Waals surface area contributed by atoms with E-state index in [-0.39, 0.29) is 24.2 Å². The summed E-state index contributed by atoms with van der Waals surface area (Å²) in [5.74, 6) is -0.525. The summed E-state index contributed by atoms with van der Waals surface area (Å²) in [6, 6.07) is 6.48. The van der Waals surface area contributed by atoms with E-state index in [1.807, 2.05) is 6.92 Å². The van der Waals surface area contributed by atoms with Crippen molar-refractivity contribution in [3.63, 3.8) is 0 Å². The van der Waals surface area contributed by atoms with E-state index in [1.54, 1.807) is 18.2 Å². The summed E-state index contributed by atoms with van der Waals surface area (Å²) in [6.07, 6.45) is 3.79. The molecule has 1 aromatic rings. The Hall–Kier alpha value is -1.42. The molecule has 0 aromatic heterocycles. The maximum atomic E-state index is 13.5. The molecule has 104 valence electrons. The smallest absolute Gasteiger partial charge is 0.225 e. The Kier molecular flexibility index (Phi) is 4.20. The van der Waals surface area contributed by atoms with Crippen molar-refractivity contribution in [2.45, 2.75) is 44.7 Å². The molecule has 4 heteroatoms. The Morgan fingerprint density at radius 2 is 2.21 bits per heavy atom. The van der Waals surface area contributed by atoms with Crippen molar-refractivity contribution in [1.29, 1.82) is 0 Å². The molecule has 0 spiro atoms. The van der Waals surface area contributed by atoms with Crippen molar-refractivity contribution in [3.8, 4) is 0 Å². The second-order valence-electron chi connectivity index (χ2n) is 5.61. The minimum Gasteiger partial charge on any atom is -0.352 e. The number of halogens is 1. The highest BCUT2D eigenvalue weighted by atomic mass is 19.1. The molecule has 0 radical (unpaired) electrons. The van der Waals surface area contributed by atoms with Crippen LogP contribution in [-0.2, 0) is 11.3 Å². The largest absolute Gasteiger partial charge is 0.352 e. The van der Waals surface area contributed by atoms with Crippen LogP contribution in [0.3, 0.4) is 0 Å². The highest BCUT2D eigenvalue weighted by Gasteiger charge is 2.37. The lowest BCUT2D eigenvalue weighted by molar-refractivity contribution is -0.128. The van der Waals surface area contributed by atoms with Crippen molar-refractivity contribution < 1.29 is 9.18 Å². The molecule has 2 atom stereocenters. The van der Waals surface area contributed by atoms with Gasteiger partial charge < -0.3 is 11.1 Å². The number of benzene rings is 1. The number of hydrogen-bond acceptors (Lipinski definition) is 2. The first-order valence-electron chi connectivity index (χ1n) is 6.81. The SMILES string of the molecule is CC1(N)CCCCC1C(=O)NCc1ccccc1F. The predicted octanol–water partition coefficient (Wildman–Crippen LogP) is 2.35. The van der Waals surface area contributed by atoms with Crippen LogP contribution >= 0.6 is 0 Å². The first-order chi connectivity index (χ1) is 9.00. The maximum Gasteiger partial charge on any atom is 0.225 e. The van der Waals surface area contributed by atoms with Gasteiger partial charge in [-0.3, -0.25) is 4.79 Å². The zero-order chi connectivity index (χ0) is 13.9. The minimum absolute atomic E-state index is 0.0621. The summed E-state index contributed by atoms with van der Waals surface area (Å²) in [6.45, 7) is 2.15. The summed E-state index contributed by atoms with van der Waals surface area (Å²) in [4.78, 5) is 12.2. The molecule has 3 nitrogen and oxygen atoms in total. The van der Waals surface area contributed by atoms with Crippen molar-refractivity contribution >= 4 is 5.91 Å². The summed E-state index contributed by atoms with van der Waals surface area (Å²) < 4.78 is 13.5. The Morgan fingerprint density at radius 1 is 1.47 bits per heavy atom. The molecular formula is C15H21FN2O. The van der Waals surface area contributed by atoms with Gasteiger partial charge in [-0.25, -0.2) is 4.39 Å². The van der Waals surface area contributed by atoms with Crippen molar-refractivity contribution in [2.75, 3.05) is 0 Å².